The second-order valence-electron chi connectivity index (χ2n) is 5.27. The van der Waals surface area contributed by atoms with E-state index in [1.165, 1.54) is 26.5 Å². The van der Waals surface area contributed by atoms with Crippen LogP contribution in [0.3, 0.4) is 0 Å². The molecule has 0 saturated heterocycles. The second-order valence-corrected chi connectivity index (χ2v) is 5.27. The third-order valence-electron chi connectivity index (χ3n) is 3.93. The minimum Gasteiger partial charge on any atom is -0.493 e. The number of nitrogens with zero attached hydrogens (tertiary/aromatic N) is 2. The third kappa shape index (κ3) is 2.80. The standard InChI is InChI=1S/C15H16F3N3O2/c1-22-11-4-3-9(7-12(11)23-2)10-8-13(15(16,17)18)21-14(20-10)5-6-19-21/h3-7,10,13,20H,8H2,1-2H3. The fourth-order valence-electron chi connectivity index (χ4n) is 2.80. The van der Waals surface area contributed by atoms with Gasteiger partial charge in [0.05, 0.1) is 26.5 Å². The molecular formula is C15H16F3N3O2. The molecule has 2 unspecified atom stereocenters. The Kier molecular flexibility index (Phi) is 3.83. The van der Waals surface area contributed by atoms with Gasteiger partial charge in [0, 0.05) is 12.5 Å². The zero-order valence-electron chi connectivity index (χ0n) is 12.6. The van der Waals surface area contributed by atoms with Gasteiger partial charge in [0.15, 0.2) is 17.5 Å². The average molecular weight is 327 g/mol. The molecule has 2 atom stereocenters. The molecule has 1 aliphatic rings. The summed E-state index contributed by atoms with van der Waals surface area (Å²) in [5, 5.41) is 6.87. The number of alkyl halides is 3. The maximum Gasteiger partial charge on any atom is 0.410 e. The van der Waals surface area contributed by atoms with Crippen molar-refractivity contribution in [3.8, 4) is 11.5 Å². The van der Waals surface area contributed by atoms with Crippen molar-refractivity contribution in [2.24, 2.45) is 0 Å². The molecule has 0 fully saturated rings. The number of hydrogen-bond donors (Lipinski definition) is 1. The van der Waals surface area contributed by atoms with Crippen molar-refractivity contribution < 1.29 is 22.6 Å². The molecule has 0 aliphatic carbocycles. The number of fused-ring (bicyclic) bond motifs is 1. The van der Waals surface area contributed by atoms with E-state index in [-0.39, 0.29) is 6.42 Å². The van der Waals surface area contributed by atoms with Crippen LogP contribution in [0, 0.1) is 0 Å². The van der Waals surface area contributed by atoms with Crippen LogP contribution < -0.4 is 14.8 Å². The number of benzene rings is 1. The molecular weight excluding hydrogens is 311 g/mol. The van der Waals surface area contributed by atoms with E-state index < -0.39 is 18.3 Å². The number of aromatic nitrogens is 2. The Morgan fingerprint density at radius 1 is 1.17 bits per heavy atom. The molecule has 0 bridgehead atoms. The van der Waals surface area contributed by atoms with Gasteiger partial charge in [-0.2, -0.15) is 18.3 Å². The molecule has 3 rings (SSSR count). The van der Waals surface area contributed by atoms with Crippen LogP contribution in [-0.4, -0.2) is 30.2 Å². The van der Waals surface area contributed by atoms with E-state index in [2.05, 4.69) is 10.4 Å². The smallest absolute Gasteiger partial charge is 0.410 e. The molecule has 1 aliphatic heterocycles. The monoisotopic (exact) mass is 327 g/mol. The summed E-state index contributed by atoms with van der Waals surface area (Å²) in [6.07, 6.45) is -3.15. The zero-order valence-corrected chi connectivity index (χ0v) is 12.6. The summed E-state index contributed by atoms with van der Waals surface area (Å²) in [4.78, 5) is 0. The largest absolute Gasteiger partial charge is 0.493 e. The molecule has 124 valence electrons. The third-order valence-corrected chi connectivity index (χ3v) is 3.93. The number of halogens is 3. The van der Waals surface area contributed by atoms with Crippen molar-refractivity contribution in [1.29, 1.82) is 0 Å². The zero-order chi connectivity index (χ0) is 16.6. The molecule has 2 heterocycles. The van der Waals surface area contributed by atoms with Crippen LogP contribution in [0.2, 0.25) is 0 Å². The van der Waals surface area contributed by atoms with Gasteiger partial charge in [-0.05, 0) is 17.7 Å². The molecule has 0 saturated carbocycles. The van der Waals surface area contributed by atoms with Gasteiger partial charge < -0.3 is 14.8 Å². The number of rotatable bonds is 3. The van der Waals surface area contributed by atoms with Crippen molar-refractivity contribution in [3.63, 3.8) is 0 Å². The first-order chi connectivity index (χ1) is 10.9. The van der Waals surface area contributed by atoms with E-state index in [0.29, 0.717) is 22.9 Å². The molecule has 2 aromatic rings. The Labute approximate surface area is 131 Å². The van der Waals surface area contributed by atoms with Gasteiger partial charge in [-0.1, -0.05) is 6.07 Å². The predicted molar refractivity (Wildman–Crippen MR) is 77.8 cm³/mol. The Morgan fingerprint density at radius 3 is 2.57 bits per heavy atom. The lowest BCUT2D eigenvalue weighted by molar-refractivity contribution is -0.173. The van der Waals surface area contributed by atoms with Gasteiger partial charge in [-0.15, -0.1) is 0 Å². The number of nitrogens with one attached hydrogen (secondary N) is 1. The van der Waals surface area contributed by atoms with Gasteiger partial charge in [-0.25, -0.2) is 4.68 Å². The minimum atomic E-state index is -4.36. The summed E-state index contributed by atoms with van der Waals surface area (Å²) in [6, 6.07) is 4.49. The highest BCUT2D eigenvalue weighted by Gasteiger charge is 2.46. The SMILES string of the molecule is COc1ccc(C2CC(C(F)(F)F)n3nccc3N2)cc1OC. The lowest BCUT2D eigenvalue weighted by Gasteiger charge is -2.33. The number of ether oxygens (including phenoxy) is 2. The number of hydrogen-bond acceptors (Lipinski definition) is 4. The number of anilines is 1. The van der Waals surface area contributed by atoms with Crippen molar-refractivity contribution in [1.82, 2.24) is 9.78 Å². The van der Waals surface area contributed by atoms with Crippen molar-refractivity contribution >= 4 is 5.82 Å². The highest BCUT2D eigenvalue weighted by molar-refractivity contribution is 5.47. The lowest BCUT2D eigenvalue weighted by atomic mass is 9.96. The summed E-state index contributed by atoms with van der Waals surface area (Å²) >= 11 is 0. The summed E-state index contributed by atoms with van der Waals surface area (Å²) in [6.45, 7) is 0. The molecule has 1 N–H and O–H groups in total. The second kappa shape index (κ2) is 5.68. The molecule has 1 aromatic heterocycles. The topological polar surface area (TPSA) is 48.3 Å². The number of methoxy groups -OCH3 is 2. The quantitative estimate of drug-likeness (QED) is 0.936. The van der Waals surface area contributed by atoms with E-state index in [1.54, 1.807) is 18.2 Å². The van der Waals surface area contributed by atoms with Gasteiger partial charge >= 0.3 is 6.18 Å². The summed E-state index contributed by atoms with van der Waals surface area (Å²) in [5.41, 5.74) is 0.698. The molecule has 1 aromatic carbocycles. The summed E-state index contributed by atoms with van der Waals surface area (Å²) in [7, 11) is 3.00. The molecule has 0 amide bonds. The van der Waals surface area contributed by atoms with E-state index in [4.69, 9.17) is 9.47 Å². The predicted octanol–water partition coefficient (Wildman–Crippen LogP) is 3.56. The van der Waals surface area contributed by atoms with Crippen LogP contribution in [0.25, 0.3) is 0 Å². The van der Waals surface area contributed by atoms with Gasteiger partial charge in [0.2, 0.25) is 0 Å². The average Bonchev–Trinajstić information content (AvgIpc) is 3.00. The minimum absolute atomic E-state index is 0.145. The van der Waals surface area contributed by atoms with Gasteiger partial charge in [-0.3, -0.25) is 0 Å². The van der Waals surface area contributed by atoms with E-state index in [1.807, 2.05) is 0 Å². The molecule has 0 radical (unpaired) electrons. The highest BCUT2D eigenvalue weighted by atomic mass is 19.4. The van der Waals surface area contributed by atoms with Gasteiger partial charge in [0.1, 0.15) is 5.82 Å². The maximum absolute atomic E-state index is 13.3. The highest BCUT2D eigenvalue weighted by Crippen LogP contribution is 2.44. The molecule has 5 nitrogen and oxygen atoms in total. The Bertz CT molecular complexity index is 700. The van der Waals surface area contributed by atoms with Gasteiger partial charge in [0.25, 0.3) is 0 Å². The first kappa shape index (κ1) is 15.5. The first-order valence-corrected chi connectivity index (χ1v) is 7.02. The fraction of sp³-hybridized carbons (Fsp3) is 0.400. The Morgan fingerprint density at radius 2 is 1.91 bits per heavy atom. The van der Waals surface area contributed by atoms with Crippen molar-refractivity contribution in [2.45, 2.75) is 24.7 Å². The molecule has 8 heteroatoms. The Balaban J connectivity index is 1.96. The van der Waals surface area contributed by atoms with Crippen LogP contribution in [0.15, 0.2) is 30.5 Å². The normalized spacial score (nSPS) is 20.6. The van der Waals surface area contributed by atoms with Crippen LogP contribution >= 0.6 is 0 Å². The van der Waals surface area contributed by atoms with E-state index in [0.717, 1.165) is 4.68 Å². The van der Waals surface area contributed by atoms with Crippen LogP contribution in [-0.2, 0) is 0 Å². The van der Waals surface area contributed by atoms with Crippen LogP contribution in [0.1, 0.15) is 24.1 Å². The van der Waals surface area contributed by atoms with Crippen molar-refractivity contribution in [2.75, 3.05) is 19.5 Å². The maximum atomic E-state index is 13.3. The molecule has 23 heavy (non-hydrogen) atoms. The van der Waals surface area contributed by atoms with E-state index >= 15 is 0 Å². The van der Waals surface area contributed by atoms with Crippen LogP contribution in [0.4, 0.5) is 19.0 Å². The van der Waals surface area contributed by atoms with Crippen molar-refractivity contribution in [3.05, 3.63) is 36.0 Å². The fourth-order valence-corrected chi connectivity index (χ4v) is 2.80. The van der Waals surface area contributed by atoms with Crippen LogP contribution in [0.5, 0.6) is 11.5 Å². The Hall–Kier alpha value is -2.38. The lowest BCUT2D eigenvalue weighted by Crippen LogP contribution is -2.35. The summed E-state index contributed by atoms with van der Waals surface area (Å²) in [5.74, 6) is 1.36. The molecule has 0 spiro atoms. The van der Waals surface area contributed by atoms with E-state index in [9.17, 15) is 13.2 Å². The first-order valence-electron chi connectivity index (χ1n) is 7.02. The summed E-state index contributed by atoms with van der Waals surface area (Å²) < 4.78 is 51.3.